The third-order valence-corrected chi connectivity index (χ3v) is 6.63. The number of carbonyl (C=O) groups excluding carboxylic acids is 2. The number of nitrogens with one attached hydrogen (secondary N) is 1. The van der Waals surface area contributed by atoms with Crippen molar-refractivity contribution in [2.75, 3.05) is 20.2 Å². The molecule has 1 amide bonds. The molecule has 0 aliphatic carbocycles. The van der Waals surface area contributed by atoms with Gasteiger partial charge in [-0.05, 0) is 44.0 Å². The quantitative estimate of drug-likeness (QED) is 0.679. The average molecular weight is 422 g/mol. The molecule has 0 atom stereocenters. The SMILES string of the molecule is COC(=O)c1ccc(S(=O)(=O)N2CCC(C(=O)NCc3nc(C)no3)CC2)cc1. The zero-order valence-corrected chi connectivity index (χ0v) is 16.9. The summed E-state index contributed by atoms with van der Waals surface area (Å²) in [5.74, 6) is -0.164. The van der Waals surface area contributed by atoms with Crippen molar-refractivity contribution in [3.8, 4) is 0 Å². The lowest BCUT2D eigenvalue weighted by molar-refractivity contribution is -0.126. The van der Waals surface area contributed by atoms with Crippen LogP contribution in [0.2, 0.25) is 0 Å². The zero-order chi connectivity index (χ0) is 21.0. The van der Waals surface area contributed by atoms with Crippen LogP contribution in [0, 0.1) is 12.8 Å². The normalized spacial score (nSPS) is 15.8. The maximum Gasteiger partial charge on any atom is 0.337 e. The van der Waals surface area contributed by atoms with Crippen LogP contribution >= 0.6 is 0 Å². The van der Waals surface area contributed by atoms with Crippen LogP contribution < -0.4 is 5.32 Å². The highest BCUT2D eigenvalue weighted by atomic mass is 32.2. The molecule has 0 bridgehead atoms. The number of carbonyl (C=O) groups is 2. The number of hydrogen-bond acceptors (Lipinski definition) is 8. The number of methoxy groups -OCH3 is 1. The lowest BCUT2D eigenvalue weighted by Gasteiger charge is -2.30. The number of aromatic nitrogens is 2. The van der Waals surface area contributed by atoms with E-state index in [4.69, 9.17) is 4.52 Å². The predicted molar refractivity (Wildman–Crippen MR) is 100 cm³/mol. The molecule has 156 valence electrons. The number of aryl methyl sites for hydroxylation is 1. The van der Waals surface area contributed by atoms with Crippen LogP contribution in [0.1, 0.15) is 34.9 Å². The van der Waals surface area contributed by atoms with Crippen molar-refractivity contribution >= 4 is 21.9 Å². The molecular weight excluding hydrogens is 400 g/mol. The molecule has 29 heavy (non-hydrogen) atoms. The summed E-state index contributed by atoms with van der Waals surface area (Å²) < 4.78 is 36.5. The highest BCUT2D eigenvalue weighted by Gasteiger charge is 2.32. The van der Waals surface area contributed by atoms with Gasteiger partial charge in [-0.2, -0.15) is 9.29 Å². The first-order valence-corrected chi connectivity index (χ1v) is 10.5. The molecule has 11 heteroatoms. The van der Waals surface area contributed by atoms with Crippen molar-refractivity contribution in [2.24, 2.45) is 5.92 Å². The maximum atomic E-state index is 12.8. The monoisotopic (exact) mass is 422 g/mol. The number of nitrogens with zero attached hydrogens (tertiary/aromatic N) is 3. The van der Waals surface area contributed by atoms with Gasteiger partial charge in [0.1, 0.15) is 0 Å². The van der Waals surface area contributed by atoms with Crippen LogP contribution in [-0.2, 0) is 26.1 Å². The second kappa shape index (κ2) is 8.70. The topological polar surface area (TPSA) is 132 Å². The van der Waals surface area contributed by atoms with Gasteiger partial charge in [0.2, 0.25) is 21.8 Å². The van der Waals surface area contributed by atoms with Gasteiger partial charge >= 0.3 is 5.97 Å². The van der Waals surface area contributed by atoms with Gasteiger partial charge in [-0.25, -0.2) is 13.2 Å². The van der Waals surface area contributed by atoms with Gasteiger partial charge in [0.15, 0.2) is 5.82 Å². The number of ether oxygens (including phenoxy) is 1. The molecule has 0 radical (unpaired) electrons. The summed E-state index contributed by atoms with van der Waals surface area (Å²) in [5, 5.41) is 6.40. The Bertz CT molecular complexity index is 978. The third-order valence-electron chi connectivity index (χ3n) is 4.72. The van der Waals surface area contributed by atoms with Crippen LogP contribution in [-0.4, -0.2) is 54.9 Å². The predicted octanol–water partition coefficient (Wildman–Crippen LogP) is 0.882. The Morgan fingerprint density at radius 1 is 1.24 bits per heavy atom. The highest BCUT2D eigenvalue weighted by molar-refractivity contribution is 7.89. The number of amides is 1. The van der Waals surface area contributed by atoms with E-state index in [0.717, 1.165) is 0 Å². The molecule has 1 aliphatic heterocycles. The summed E-state index contributed by atoms with van der Waals surface area (Å²) in [4.78, 5) is 27.9. The fraction of sp³-hybridized carbons (Fsp3) is 0.444. The van der Waals surface area contributed by atoms with Gasteiger partial charge in [0.25, 0.3) is 0 Å². The van der Waals surface area contributed by atoms with E-state index in [-0.39, 0.29) is 41.9 Å². The van der Waals surface area contributed by atoms with Crippen molar-refractivity contribution in [3.63, 3.8) is 0 Å². The average Bonchev–Trinajstić information content (AvgIpc) is 3.16. The van der Waals surface area contributed by atoms with E-state index in [9.17, 15) is 18.0 Å². The summed E-state index contributed by atoms with van der Waals surface area (Å²) in [7, 11) is -2.44. The van der Waals surface area contributed by atoms with E-state index >= 15 is 0 Å². The number of esters is 1. The molecule has 0 spiro atoms. The Hall–Kier alpha value is -2.79. The molecule has 3 rings (SSSR count). The van der Waals surface area contributed by atoms with Crippen LogP contribution in [0.4, 0.5) is 0 Å². The molecular formula is C18H22N4O6S. The van der Waals surface area contributed by atoms with E-state index in [0.29, 0.717) is 24.6 Å². The third kappa shape index (κ3) is 4.80. The van der Waals surface area contributed by atoms with Crippen LogP contribution in [0.25, 0.3) is 0 Å². The van der Waals surface area contributed by atoms with E-state index in [1.165, 1.54) is 35.7 Å². The molecule has 0 saturated carbocycles. The summed E-state index contributed by atoms with van der Waals surface area (Å²) in [6.07, 6.45) is 0.822. The van der Waals surface area contributed by atoms with Crippen LogP contribution in [0.5, 0.6) is 0 Å². The van der Waals surface area contributed by atoms with Crippen molar-refractivity contribution in [3.05, 3.63) is 41.5 Å². The van der Waals surface area contributed by atoms with Gasteiger partial charge in [-0.1, -0.05) is 5.16 Å². The van der Waals surface area contributed by atoms with Crippen LogP contribution in [0.15, 0.2) is 33.7 Å². The Morgan fingerprint density at radius 2 is 1.90 bits per heavy atom. The summed E-state index contributed by atoms with van der Waals surface area (Å²) in [5.41, 5.74) is 0.276. The molecule has 2 aromatic rings. The van der Waals surface area contributed by atoms with Crippen molar-refractivity contribution in [2.45, 2.75) is 31.2 Å². The fourth-order valence-corrected chi connectivity index (χ4v) is 4.58. The first-order valence-electron chi connectivity index (χ1n) is 9.06. The lowest BCUT2D eigenvalue weighted by Crippen LogP contribution is -2.42. The maximum absolute atomic E-state index is 12.8. The molecule has 1 aromatic carbocycles. The highest BCUT2D eigenvalue weighted by Crippen LogP contribution is 2.24. The first-order chi connectivity index (χ1) is 13.8. The number of piperidine rings is 1. The second-order valence-electron chi connectivity index (χ2n) is 6.65. The number of rotatable bonds is 6. The standard InChI is InChI=1S/C18H22N4O6S/c1-12-20-16(28-21-12)11-19-17(23)13-7-9-22(10-8-13)29(25,26)15-5-3-14(4-6-15)18(24)27-2/h3-6,13H,7-11H2,1-2H3,(H,19,23). The second-order valence-corrected chi connectivity index (χ2v) is 8.59. The van der Waals surface area contributed by atoms with Gasteiger partial charge in [0.05, 0.1) is 24.1 Å². The Kier molecular flexibility index (Phi) is 6.28. The molecule has 1 N–H and O–H groups in total. The van der Waals surface area contributed by atoms with Crippen LogP contribution in [0.3, 0.4) is 0 Å². The first kappa shape index (κ1) is 20.9. The minimum Gasteiger partial charge on any atom is -0.465 e. The minimum atomic E-state index is -3.70. The zero-order valence-electron chi connectivity index (χ0n) is 16.1. The molecule has 10 nitrogen and oxygen atoms in total. The smallest absolute Gasteiger partial charge is 0.337 e. The van der Waals surface area contributed by atoms with Gasteiger partial charge in [0, 0.05) is 19.0 Å². The minimum absolute atomic E-state index is 0.0971. The molecule has 1 fully saturated rings. The summed E-state index contributed by atoms with van der Waals surface area (Å²) in [6.45, 7) is 2.30. The summed E-state index contributed by atoms with van der Waals surface area (Å²) >= 11 is 0. The largest absolute Gasteiger partial charge is 0.465 e. The van der Waals surface area contributed by atoms with E-state index < -0.39 is 16.0 Å². The summed E-state index contributed by atoms with van der Waals surface area (Å²) in [6, 6.07) is 5.59. The van der Waals surface area contributed by atoms with Crippen molar-refractivity contribution in [1.29, 1.82) is 0 Å². The molecule has 2 heterocycles. The Balaban J connectivity index is 1.56. The fourth-order valence-electron chi connectivity index (χ4n) is 3.11. The molecule has 1 aliphatic rings. The number of benzene rings is 1. The van der Waals surface area contributed by atoms with Gasteiger partial charge < -0.3 is 14.6 Å². The van der Waals surface area contributed by atoms with Gasteiger partial charge in [-0.3, -0.25) is 4.79 Å². The number of sulfonamides is 1. The van der Waals surface area contributed by atoms with Gasteiger partial charge in [-0.15, -0.1) is 0 Å². The van der Waals surface area contributed by atoms with E-state index in [1.54, 1.807) is 6.92 Å². The molecule has 1 saturated heterocycles. The van der Waals surface area contributed by atoms with E-state index in [2.05, 4.69) is 20.2 Å². The number of hydrogen-bond donors (Lipinski definition) is 1. The molecule has 0 unspecified atom stereocenters. The molecule has 1 aromatic heterocycles. The van der Waals surface area contributed by atoms with Crippen molar-refractivity contribution in [1.82, 2.24) is 19.8 Å². The Morgan fingerprint density at radius 3 is 2.45 bits per heavy atom. The van der Waals surface area contributed by atoms with Crippen molar-refractivity contribution < 1.29 is 27.3 Å². The Labute approximate surface area is 168 Å². The van der Waals surface area contributed by atoms with E-state index in [1.807, 2.05) is 0 Å². The lowest BCUT2D eigenvalue weighted by atomic mass is 9.97.